The smallest absolute Gasteiger partial charge is 0.260 e. The normalized spacial score (nSPS) is 17.0. The van der Waals surface area contributed by atoms with Gasteiger partial charge in [-0.2, -0.15) is 0 Å². The lowest BCUT2D eigenvalue weighted by Crippen LogP contribution is -2.53. The molecule has 32 heavy (non-hydrogen) atoms. The van der Waals surface area contributed by atoms with Crippen LogP contribution in [0.15, 0.2) is 36.4 Å². The molecule has 0 spiro atoms. The maximum absolute atomic E-state index is 14.2. The van der Waals surface area contributed by atoms with Gasteiger partial charge in [0.15, 0.2) is 16.6 Å². The van der Waals surface area contributed by atoms with Crippen molar-refractivity contribution in [2.24, 2.45) is 5.92 Å². The highest BCUT2D eigenvalue weighted by Crippen LogP contribution is 2.37. The molecule has 1 fully saturated rings. The number of methoxy groups -OCH3 is 2. The number of nitrogens with one attached hydrogen (secondary N) is 1. The van der Waals surface area contributed by atoms with E-state index in [0.717, 1.165) is 40.3 Å². The third kappa shape index (κ3) is 4.07. The number of carbonyl (C=O) groups excluding carboxylic acids is 1. The molecule has 2 aromatic carbocycles. The minimum atomic E-state index is -0.0603. The van der Waals surface area contributed by atoms with Gasteiger partial charge in [0.05, 0.1) is 30.5 Å². The second kappa shape index (κ2) is 9.46. The number of ether oxygens (including phenoxy) is 2. The number of benzene rings is 2. The third-order valence-corrected chi connectivity index (χ3v) is 7.26. The highest BCUT2D eigenvalue weighted by molar-refractivity contribution is 7.22. The Bertz CT molecular complexity index is 1070. The van der Waals surface area contributed by atoms with Crippen LogP contribution in [0.3, 0.4) is 0 Å². The fourth-order valence-corrected chi connectivity index (χ4v) is 5.71. The SMILES string of the molecule is COc1ccc(C(=O)N(c2nc3ccccc3s2)C(C(C)C)C2CCCN2)c(C)c1OC. The van der Waals surface area contributed by atoms with Crippen LogP contribution in [0.1, 0.15) is 42.6 Å². The Morgan fingerprint density at radius 3 is 2.59 bits per heavy atom. The molecule has 170 valence electrons. The van der Waals surface area contributed by atoms with E-state index in [0.29, 0.717) is 17.1 Å². The Morgan fingerprint density at radius 2 is 1.97 bits per heavy atom. The van der Waals surface area contributed by atoms with Crippen molar-refractivity contribution in [2.45, 2.75) is 45.7 Å². The van der Waals surface area contributed by atoms with Crippen molar-refractivity contribution in [3.63, 3.8) is 0 Å². The molecule has 1 amide bonds. The summed E-state index contributed by atoms with van der Waals surface area (Å²) in [5.74, 6) is 1.39. The maximum atomic E-state index is 14.2. The predicted octanol–water partition coefficient (Wildman–Crippen LogP) is 5.05. The molecule has 1 saturated heterocycles. The Morgan fingerprint density at radius 1 is 1.19 bits per heavy atom. The second-order valence-electron chi connectivity index (χ2n) is 8.55. The molecule has 0 saturated carbocycles. The van der Waals surface area contributed by atoms with Crippen LogP contribution in [-0.4, -0.2) is 43.7 Å². The number of hydrogen-bond acceptors (Lipinski definition) is 6. The van der Waals surface area contributed by atoms with Gasteiger partial charge in [-0.3, -0.25) is 9.69 Å². The van der Waals surface area contributed by atoms with Crippen molar-refractivity contribution < 1.29 is 14.3 Å². The van der Waals surface area contributed by atoms with Crippen LogP contribution in [0.2, 0.25) is 0 Å². The Balaban J connectivity index is 1.86. The molecule has 2 heterocycles. The summed E-state index contributed by atoms with van der Waals surface area (Å²) in [6.45, 7) is 7.24. The molecule has 2 atom stereocenters. The van der Waals surface area contributed by atoms with E-state index in [9.17, 15) is 4.79 Å². The first-order valence-electron chi connectivity index (χ1n) is 11.1. The average Bonchev–Trinajstić information content (AvgIpc) is 3.46. The molecule has 6 nitrogen and oxygen atoms in total. The molecule has 3 aromatic rings. The van der Waals surface area contributed by atoms with Crippen molar-refractivity contribution in [2.75, 3.05) is 25.7 Å². The molecule has 0 radical (unpaired) electrons. The molecule has 2 unspecified atom stereocenters. The summed E-state index contributed by atoms with van der Waals surface area (Å²) >= 11 is 1.57. The molecule has 0 bridgehead atoms. The highest BCUT2D eigenvalue weighted by Gasteiger charge is 2.38. The molecule has 4 rings (SSSR count). The molecule has 0 aliphatic carbocycles. The Hall–Kier alpha value is -2.64. The monoisotopic (exact) mass is 453 g/mol. The van der Waals surface area contributed by atoms with Gasteiger partial charge in [-0.05, 0) is 56.5 Å². The maximum Gasteiger partial charge on any atom is 0.260 e. The zero-order valence-electron chi connectivity index (χ0n) is 19.3. The topological polar surface area (TPSA) is 63.7 Å². The largest absolute Gasteiger partial charge is 0.493 e. The van der Waals surface area contributed by atoms with Crippen LogP contribution in [0.5, 0.6) is 11.5 Å². The summed E-state index contributed by atoms with van der Waals surface area (Å²) in [4.78, 5) is 21.0. The Labute approximate surface area is 193 Å². The first-order valence-corrected chi connectivity index (χ1v) is 11.9. The van der Waals surface area contributed by atoms with Crippen molar-refractivity contribution >= 4 is 32.6 Å². The van der Waals surface area contributed by atoms with Crippen molar-refractivity contribution in [1.82, 2.24) is 10.3 Å². The molecule has 7 heteroatoms. The van der Waals surface area contributed by atoms with Gasteiger partial charge in [0.1, 0.15) is 0 Å². The highest BCUT2D eigenvalue weighted by atomic mass is 32.1. The van der Waals surface area contributed by atoms with Gasteiger partial charge in [0, 0.05) is 17.2 Å². The first kappa shape index (κ1) is 22.6. The zero-order chi connectivity index (χ0) is 22.8. The number of thiazole rings is 1. The molecular weight excluding hydrogens is 422 g/mol. The summed E-state index contributed by atoms with van der Waals surface area (Å²) in [5.41, 5.74) is 2.28. The van der Waals surface area contributed by atoms with Gasteiger partial charge in [0.2, 0.25) is 0 Å². The van der Waals surface area contributed by atoms with Crippen LogP contribution < -0.4 is 19.7 Å². The number of amides is 1. The van der Waals surface area contributed by atoms with Crippen LogP contribution in [0.4, 0.5) is 5.13 Å². The van der Waals surface area contributed by atoms with E-state index >= 15 is 0 Å². The second-order valence-corrected chi connectivity index (χ2v) is 9.56. The predicted molar refractivity (Wildman–Crippen MR) is 130 cm³/mol. The molecule has 1 N–H and O–H groups in total. The summed E-state index contributed by atoms with van der Waals surface area (Å²) in [6.07, 6.45) is 2.16. The summed E-state index contributed by atoms with van der Waals surface area (Å²) in [5, 5.41) is 4.36. The average molecular weight is 454 g/mol. The van der Waals surface area contributed by atoms with Crippen molar-refractivity contribution in [1.29, 1.82) is 0 Å². The van der Waals surface area contributed by atoms with Crippen LogP contribution in [0, 0.1) is 12.8 Å². The molecular formula is C25H31N3O3S. The van der Waals surface area contributed by atoms with Crippen molar-refractivity contribution in [3.8, 4) is 11.5 Å². The zero-order valence-corrected chi connectivity index (χ0v) is 20.2. The van der Waals surface area contributed by atoms with Gasteiger partial charge >= 0.3 is 0 Å². The van der Waals surface area contributed by atoms with Gasteiger partial charge in [-0.1, -0.05) is 37.3 Å². The Kier molecular flexibility index (Phi) is 6.67. The number of fused-ring (bicyclic) bond motifs is 1. The number of anilines is 1. The number of rotatable bonds is 7. The fourth-order valence-electron chi connectivity index (χ4n) is 4.70. The van der Waals surface area contributed by atoms with Gasteiger partial charge in [-0.25, -0.2) is 4.98 Å². The van der Waals surface area contributed by atoms with E-state index < -0.39 is 0 Å². The molecule has 1 aromatic heterocycles. The van der Waals surface area contributed by atoms with E-state index in [2.05, 4.69) is 25.2 Å². The quantitative estimate of drug-likeness (QED) is 0.543. The summed E-state index contributed by atoms with van der Waals surface area (Å²) in [6, 6.07) is 11.9. The molecule has 1 aliphatic heterocycles. The van der Waals surface area contributed by atoms with E-state index in [1.165, 1.54) is 0 Å². The van der Waals surface area contributed by atoms with Crippen LogP contribution in [0.25, 0.3) is 10.2 Å². The van der Waals surface area contributed by atoms with Gasteiger partial charge in [-0.15, -0.1) is 0 Å². The lowest BCUT2D eigenvalue weighted by Gasteiger charge is -2.37. The lowest BCUT2D eigenvalue weighted by atomic mass is 9.92. The van der Waals surface area contributed by atoms with E-state index in [1.807, 2.05) is 36.1 Å². The number of aromatic nitrogens is 1. The van der Waals surface area contributed by atoms with E-state index in [-0.39, 0.29) is 23.9 Å². The first-order chi connectivity index (χ1) is 15.5. The van der Waals surface area contributed by atoms with E-state index in [4.69, 9.17) is 14.5 Å². The number of para-hydroxylation sites is 1. The summed E-state index contributed by atoms with van der Waals surface area (Å²) < 4.78 is 12.1. The van der Waals surface area contributed by atoms with Crippen LogP contribution >= 0.6 is 11.3 Å². The van der Waals surface area contributed by atoms with Crippen LogP contribution in [-0.2, 0) is 0 Å². The summed E-state index contributed by atoms with van der Waals surface area (Å²) in [7, 11) is 3.20. The lowest BCUT2D eigenvalue weighted by molar-refractivity contribution is 0.0961. The number of carbonyl (C=O) groups is 1. The fraction of sp³-hybridized carbons (Fsp3) is 0.440. The third-order valence-electron chi connectivity index (χ3n) is 6.22. The standard InChI is InChI=1S/C25H31N3O3S/c1-15(2)22(19-10-8-14-26-19)28(25-27-18-9-6-7-11-21(18)32-25)24(29)17-12-13-20(30-4)23(31-5)16(17)3/h6-7,9,11-13,15,19,22,26H,8,10,14H2,1-5H3. The number of nitrogens with zero attached hydrogens (tertiary/aromatic N) is 2. The number of hydrogen-bond donors (Lipinski definition) is 1. The minimum Gasteiger partial charge on any atom is -0.493 e. The van der Waals surface area contributed by atoms with Gasteiger partial charge < -0.3 is 14.8 Å². The molecule has 1 aliphatic rings. The van der Waals surface area contributed by atoms with Crippen molar-refractivity contribution in [3.05, 3.63) is 47.5 Å². The van der Waals surface area contributed by atoms with E-state index in [1.54, 1.807) is 31.6 Å². The minimum absolute atomic E-state index is 0.0157. The van der Waals surface area contributed by atoms with Gasteiger partial charge in [0.25, 0.3) is 5.91 Å².